The number of anilines is 2. The summed E-state index contributed by atoms with van der Waals surface area (Å²) in [5.41, 5.74) is 4.03. The van der Waals surface area contributed by atoms with Gasteiger partial charge in [-0.3, -0.25) is 9.59 Å². The number of amides is 1. The zero-order valence-corrected chi connectivity index (χ0v) is 17.7. The van der Waals surface area contributed by atoms with Crippen molar-refractivity contribution in [1.82, 2.24) is 0 Å². The summed E-state index contributed by atoms with van der Waals surface area (Å²) in [4.78, 5) is 27.7. The number of para-hydroxylation sites is 1. The molecule has 1 atom stereocenters. The van der Waals surface area contributed by atoms with Gasteiger partial charge in [-0.1, -0.05) is 32.0 Å². The molecule has 0 radical (unpaired) electrons. The second-order valence-corrected chi connectivity index (χ2v) is 7.96. The number of Topliss-reactive ketones (excluding diaryl/α,β-unsaturated/α-hetero) is 1. The highest BCUT2D eigenvalue weighted by molar-refractivity contribution is 5.94. The van der Waals surface area contributed by atoms with Crippen LogP contribution in [0.15, 0.2) is 48.5 Å². The highest BCUT2D eigenvalue weighted by Crippen LogP contribution is 2.26. The Balaban J connectivity index is 1.52. The minimum atomic E-state index is 0.0787. The summed E-state index contributed by atoms with van der Waals surface area (Å²) in [5.74, 6) is 0.596. The summed E-state index contributed by atoms with van der Waals surface area (Å²) >= 11 is 0. The number of piperazine rings is 1. The second-order valence-electron chi connectivity index (χ2n) is 7.96. The third-order valence-electron chi connectivity index (χ3n) is 5.90. The van der Waals surface area contributed by atoms with Crippen molar-refractivity contribution in [1.29, 1.82) is 0 Å². The summed E-state index contributed by atoms with van der Waals surface area (Å²) in [6, 6.07) is 15.9. The van der Waals surface area contributed by atoms with Crippen molar-refractivity contribution in [2.24, 2.45) is 0 Å². The molecule has 29 heavy (non-hydrogen) atoms. The Morgan fingerprint density at radius 1 is 1.07 bits per heavy atom. The maximum absolute atomic E-state index is 12.6. The van der Waals surface area contributed by atoms with E-state index in [1.807, 2.05) is 42.5 Å². The van der Waals surface area contributed by atoms with Gasteiger partial charge in [-0.15, -0.1) is 0 Å². The minimum Gasteiger partial charge on any atom is -0.360 e. The van der Waals surface area contributed by atoms with Gasteiger partial charge in [0, 0.05) is 16.9 Å². The summed E-state index contributed by atoms with van der Waals surface area (Å²) in [5, 5.41) is 3.13. The lowest BCUT2D eigenvalue weighted by Crippen LogP contribution is -3.15. The number of nitrogens with zero attached hydrogens (tertiary/aromatic N) is 1. The fourth-order valence-corrected chi connectivity index (χ4v) is 3.85. The van der Waals surface area contributed by atoms with Crippen LogP contribution in [0.3, 0.4) is 0 Å². The molecule has 0 unspecified atom stereocenters. The van der Waals surface area contributed by atoms with Gasteiger partial charge in [0.1, 0.15) is 0 Å². The fraction of sp³-hybridized carbons (Fsp3) is 0.417. The van der Waals surface area contributed by atoms with E-state index in [1.54, 1.807) is 6.92 Å². The van der Waals surface area contributed by atoms with Crippen LogP contribution >= 0.6 is 0 Å². The number of ketones is 1. The Hall–Kier alpha value is -2.66. The molecular weight excluding hydrogens is 362 g/mol. The van der Waals surface area contributed by atoms with Gasteiger partial charge in [0.2, 0.25) is 0 Å². The maximum atomic E-state index is 12.6. The number of hydrogen-bond acceptors (Lipinski definition) is 3. The molecule has 0 aromatic heterocycles. The van der Waals surface area contributed by atoms with E-state index >= 15 is 0 Å². The van der Waals surface area contributed by atoms with Gasteiger partial charge in [-0.2, -0.15) is 0 Å². The highest BCUT2D eigenvalue weighted by Gasteiger charge is 2.23. The van der Waals surface area contributed by atoms with Crippen LogP contribution in [-0.2, 0) is 4.79 Å². The Bertz CT molecular complexity index is 839. The molecule has 1 aliphatic heterocycles. The number of carbonyl (C=O) groups is 2. The predicted molar refractivity (Wildman–Crippen MR) is 118 cm³/mol. The molecule has 5 heteroatoms. The molecule has 5 nitrogen and oxygen atoms in total. The van der Waals surface area contributed by atoms with Crippen molar-refractivity contribution in [2.45, 2.75) is 33.1 Å². The maximum Gasteiger partial charge on any atom is 0.279 e. The zero-order valence-electron chi connectivity index (χ0n) is 17.7. The topological polar surface area (TPSA) is 53.9 Å². The predicted octanol–water partition coefficient (Wildman–Crippen LogP) is 2.75. The average Bonchev–Trinajstić information content (AvgIpc) is 2.74. The summed E-state index contributed by atoms with van der Waals surface area (Å²) < 4.78 is 0. The van der Waals surface area contributed by atoms with E-state index in [2.05, 4.69) is 30.1 Å². The molecule has 0 bridgehead atoms. The van der Waals surface area contributed by atoms with Crippen molar-refractivity contribution in [3.8, 4) is 0 Å². The first kappa shape index (κ1) is 21.1. The molecule has 1 fully saturated rings. The molecule has 1 amide bonds. The van der Waals surface area contributed by atoms with Crippen LogP contribution in [0.25, 0.3) is 0 Å². The molecule has 154 valence electrons. The van der Waals surface area contributed by atoms with E-state index in [0.717, 1.165) is 49.5 Å². The van der Waals surface area contributed by atoms with Crippen molar-refractivity contribution in [3.05, 3.63) is 59.7 Å². The first-order chi connectivity index (χ1) is 14.0. The number of carbonyl (C=O) groups excluding carboxylic acids is 2. The number of rotatable bonds is 7. The van der Waals surface area contributed by atoms with Gasteiger partial charge in [-0.25, -0.2) is 0 Å². The molecule has 1 aliphatic rings. The van der Waals surface area contributed by atoms with Crippen LogP contribution in [0.5, 0.6) is 0 Å². The lowest BCUT2D eigenvalue weighted by Gasteiger charge is -2.33. The Labute approximate surface area is 173 Å². The second kappa shape index (κ2) is 9.70. The quantitative estimate of drug-likeness (QED) is 0.710. The van der Waals surface area contributed by atoms with Crippen LogP contribution in [0, 0.1) is 0 Å². The molecule has 2 N–H and O–H groups in total. The molecule has 0 spiro atoms. The van der Waals surface area contributed by atoms with Crippen molar-refractivity contribution in [2.75, 3.05) is 42.9 Å². The van der Waals surface area contributed by atoms with Crippen LogP contribution in [0.1, 0.15) is 49.0 Å². The number of hydrogen-bond donors (Lipinski definition) is 2. The van der Waals surface area contributed by atoms with Crippen molar-refractivity contribution < 1.29 is 14.5 Å². The lowest BCUT2D eigenvalue weighted by atomic mass is 9.97. The molecule has 1 saturated heterocycles. The summed E-state index contributed by atoms with van der Waals surface area (Å²) in [6.07, 6.45) is 1.05. The zero-order chi connectivity index (χ0) is 20.8. The first-order valence-electron chi connectivity index (χ1n) is 10.6. The van der Waals surface area contributed by atoms with E-state index < -0.39 is 0 Å². The molecule has 3 rings (SSSR count). The van der Waals surface area contributed by atoms with Crippen molar-refractivity contribution in [3.63, 3.8) is 0 Å². The Morgan fingerprint density at radius 2 is 1.72 bits per heavy atom. The van der Waals surface area contributed by atoms with Gasteiger partial charge >= 0.3 is 0 Å². The van der Waals surface area contributed by atoms with Crippen LogP contribution in [0.4, 0.5) is 11.4 Å². The average molecular weight is 395 g/mol. The standard InChI is InChI=1S/C24H31N3O2/c1-4-18(2)22-7-5-6-8-23(22)25-24(29)17-26-13-15-27(16-14-26)21-11-9-20(10-12-21)19(3)28/h5-12,18H,4,13-17H2,1-3H3,(H,25,29)/p+1/t18-/m1/s1. The fourth-order valence-electron chi connectivity index (χ4n) is 3.85. The third-order valence-corrected chi connectivity index (χ3v) is 5.90. The van der Waals surface area contributed by atoms with E-state index in [9.17, 15) is 9.59 Å². The molecule has 2 aromatic rings. The van der Waals surface area contributed by atoms with E-state index in [0.29, 0.717) is 12.5 Å². The number of quaternary nitrogens is 1. The van der Waals surface area contributed by atoms with E-state index in [4.69, 9.17) is 0 Å². The lowest BCUT2D eigenvalue weighted by molar-refractivity contribution is -0.892. The van der Waals surface area contributed by atoms with Gasteiger partial charge in [-0.05, 0) is 55.2 Å². The van der Waals surface area contributed by atoms with Gasteiger partial charge < -0.3 is 15.1 Å². The first-order valence-corrected chi connectivity index (χ1v) is 10.6. The SMILES string of the molecule is CC[C@@H](C)c1ccccc1NC(=O)C[NH+]1CCN(c2ccc(C(C)=O)cc2)CC1. The molecule has 2 aromatic carbocycles. The van der Waals surface area contributed by atoms with Crippen molar-refractivity contribution >= 4 is 23.1 Å². The van der Waals surface area contributed by atoms with Gasteiger partial charge in [0.25, 0.3) is 5.91 Å². The summed E-state index contributed by atoms with van der Waals surface area (Å²) in [7, 11) is 0. The van der Waals surface area contributed by atoms with E-state index in [-0.39, 0.29) is 11.7 Å². The smallest absolute Gasteiger partial charge is 0.279 e. The minimum absolute atomic E-state index is 0.0787. The Kier molecular flexibility index (Phi) is 7.04. The molecule has 0 aliphatic carbocycles. The van der Waals surface area contributed by atoms with Crippen LogP contribution < -0.4 is 15.1 Å². The summed E-state index contributed by atoms with van der Waals surface area (Å²) in [6.45, 7) is 10.1. The normalized spacial score (nSPS) is 15.8. The monoisotopic (exact) mass is 394 g/mol. The van der Waals surface area contributed by atoms with Crippen LogP contribution in [-0.4, -0.2) is 44.4 Å². The van der Waals surface area contributed by atoms with E-state index in [1.165, 1.54) is 10.5 Å². The number of benzene rings is 2. The number of nitrogens with one attached hydrogen (secondary N) is 2. The third kappa shape index (κ3) is 5.45. The van der Waals surface area contributed by atoms with Crippen LogP contribution in [0.2, 0.25) is 0 Å². The highest BCUT2D eigenvalue weighted by atomic mass is 16.2. The largest absolute Gasteiger partial charge is 0.360 e. The molecular formula is C24H32N3O2+. The Morgan fingerprint density at radius 3 is 2.34 bits per heavy atom. The van der Waals surface area contributed by atoms with Gasteiger partial charge in [0.05, 0.1) is 26.2 Å². The molecule has 0 saturated carbocycles. The van der Waals surface area contributed by atoms with Gasteiger partial charge in [0.15, 0.2) is 12.3 Å². The molecule has 1 heterocycles.